The molecule has 2 rings (SSSR count). The number of hydrogen-bond donors (Lipinski definition) is 2. The minimum absolute atomic E-state index is 0.203. The first-order chi connectivity index (χ1) is 8.06. The van der Waals surface area contributed by atoms with Crippen LogP contribution >= 0.6 is 11.3 Å². The number of aryl methyl sites for hydroxylation is 1. The van der Waals surface area contributed by atoms with Gasteiger partial charge in [-0.05, 0) is 31.2 Å². The monoisotopic (exact) mass is 252 g/mol. The predicted molar refractivity (Wildman–Crippen MR) is 63.5 cm³/mol. The van der Waals surface area contributed by atoms with Crippen molar-refractivity contribution in [3.63, 3.8) is 0 Å². The smallest absolute Gasteiger partial charge is 0.347 e. The molecule has 0 fully saturated rings. The van der Waals surface area contributed by atoms with Crippen LogP contribution in [0.3, 0.4) is 0 Å². The Morgan fingerprint density at radius 3 is 2.59 bits per heavy atom. The third kappa shape index (κ3) is 2.59. The highest BCUT2D eigenvalue weighted by molar-refractivity contribution is 7.17. The van der Waals surface area contributed by atoms with Gasteiger partial charge >= 0.3 is 5.97 Å². The lowest BCUT2D eigenvalue weighted by atomic mass is 10.3. The zero-order valence-corrected chi connectivity index (χ0v) is 9.71. The van der Waals surface area contributed by atoms with Gasteiger partial charge in [-0.3, -0.25) is 0 Å². The van der Waals surface area contributed by atoms with E-state index in [4.69, 9.17) is 5.11 Å². The predicted octanol–water partition coefficient (Wildman–Crippen LogP) is 3.03. The number of thiazole rings is 1. The van der Waals surface area contributed by atoms with Gasteiger partial charge in [0.2, 0.25) is 0 Å². The molecule has 0 aliphatic carbocycles. The topological polar surface area (TPSA) is 62.2 Å². The Labute approximate surface area is 101 Å². The molecule has 1 heterocycles. The van der Waals surface area contributed by atoms with Gasteiger partial charge in [0.25, 0.3) is 0 Å². The van der Waals surface area contributed by atoms with Crippen LogP contribution in [0.5, 0.6) is 0 Å². The quantitative estimate of drug-likeness (QED) is 0.881. The summed E-state index contributed by atoms with van der Waals surface area (Å²) in [4.78, 5) is 15.1. The first-order valence-corrected chi connectivity index (χ1v) is 5.61. The number of aromatic nitrogens is 1. The van der Waals surface area contributed by atoms with Gasteiger partial charge in [0.05, 0.1) is 5.69 Å². The maximum absolute atomic E-state index is 12.7. The van der Waals surface area contributed by atoms with E-state index in [9.17, 15) is 9.18 Å². The van der Waals surface area contributed by atoms with Crippen LogP contribution in [-0.2, 0) is 0 Å². The number of hydrogen-bond acceptors (Lipinski definition) is 4. The normalized spacial score (nSPS) is 10.2. The van der Waals surface area contributed by atoms with Crippen molar-refractivity contribution in [3.05, 3.63) is 40.7 Å². The van der Waals surface area contributed by atoms with Crippen LogP contribution in [0.25, 0.3) is 0 Å². The number of carboxylic acids is 1. The molecule has 88 valence electrons. The fourth-order valence-electron chi connectivity index (χ4n) is 1.31. The standard InChI is InChI=1S/C11H9FN2O2S/c1-6-9(10(15)16)17-11(13-6)14-8-4-2-7(12)3-5-8/h2-5H,1H3,(H,13,14)(H,15,16). The number of benzene rings is 1. The fourth-order valence-corrected chi connectivity index (χ4v) is 2.13. The molecule has 1 aromatic carbocycles. The third-order valence-electron chi connectivity index (χ3n) is 2.09. The van der Waals surface area contributed by atoms with Gasteiger partial charge in [-0.15, -0.1) is 0 Å². The summed E-state index contributed by atoms with van der Waals surface area (Å²) in [5.74, 6) is -1.32. The molecule has 2 aromatic rings. The van der Waals surface area contributed by atoms with E-state index in [1.807, 2.05) is 0 Å². The molecule has 0 aliphatic heterocycles. The molecule has 1 aromatic heterocycles. The summed E-state index contributed by atoms with van der Waals surface area (Å²) in [6.07, 6.45) is 0. The summed E-state index contributed by atoms with van der Waals surface area (Å²) < 4.78 is 12.7. The first-order valence-electron chi connectivity index (χ1n) is 4.79. The van der Waals surface area contributed by atoms with Gasteiger partial charge in [0, 0.05) is 5.69 Å². The molecule has 0 saturated heterocycles. The van der Waals surface area contributed by atoms with Gasteiger partial charge in [0.15, 0.2) is 5.13 Å². The molecule has 0 atom stereocenters. The lowest BCUT2D eigenvalue weighted by Crippen LogP contribution is -1.94. The summed E-state index contributed by atoms with van der Waals surface area (Å²) in [6.45, 7) is 1.63. The highest BCUT2D eigenvalue weighted by atomic mass is 32.1. The Balaban J connectivity index is 2.22. The van der Waals surface area contributed by atoms with E-state index in [1.165, 1.54) is 12.1 Å². The Morgan fingerprint density at radius 1 is 1.41 bits per heavy atom. The maximum atomic E-state index is 12.7. The summed E-state index contributed by atoms with van der Waals surface area (Å²) in [5.41, 5.74) is 1.13. The van der Waals surface area contributed by atoms with Gasteiger partial charge in [-0.1, -0.05) is 11.3 Å². The SMILES string of the molecule is Cc1nc(Nc2ccc(F)cc2)sc1C(=O)O. The molecule has 0 bridgehead atoms. The van der Waals surface area contributed by atoms with E-state index in [1.54, 1.807) is 19.1 Å². The van der Waals surface area contributed by atoms with E-state index in [0.717, 1.165) is 11.3 Å². The molecule has 0 saturated carbocycles. The maximum Gasteiger partial charge on any atom is 0.347 e. The van der Waals surface area contributed by atoms with Gasteiger partial charge < -0.3 is 10.4 Å². The second-order valence-corrected chi connectivity index (χ2v) is 4.37. The average Bonchev–Trinajstić information content (AvgIpc) is 2.63. The molecule has 0 spiro atoms. The van der Waals surface area contributed by atoms with Crippen LogP contribution in [0.4, 0.5) is 15.2 Å². The van der Waals surface area contributed by atoms with Crippen LogP contribution < -0.4 is 5.32 Å². The number of nitrogens with zero attached hydrogens (tertiary/aromatic N) is 1. The van der Waals surface area contributed by atoms with Crippen LogP contribution in [0.2, 0.25) is 0 Å². The van der Waals surface area contributed by atoms with E-state index in [0.29, 0.717) is 16.5 Å². The molecule has 0 amide bonds. The Kier molecular flexibility index (Phi) is 3.06. The van der Waals surface area contributed by atoms with Crippen LogP contribution in [-0.4, -0.2) is 16.1 Å². The Morgan fingerprint density at radius 2 is 2.06 bits per heavy atom. The van der Waals surface area contributed by atoms with Crippen LogP contribution in [0, 0.1) is 12.7 Å². The lowest BCUT2D eigenvalue weighted by molar-refractivity contribution is 0.0701. The summed E-state index contributed by atoms with van der Waals surface area (Å²) in [5, 5.41) is 12.3. The van der Waals surface area contributed by atoms with Crippen molar-refractivity contribution in [1.82, 2.24) is 4.98 Å². The number of carboxylic acid groups (broad SMARTS) is 1. The van der Waals surface area contributed by atoms with Crippen molar-refractivity contribution in [2.75, 3.05) is 5.32 Å². The zero-order chi connectivity index (χ0) is 12.4. The third-order valence-corrected chi connectivity index (χ3v) is 3.15. The van der Waals surface area contributed by atoms with Gasteiger partial charge in [-0.2, -0.15) is 0 Å². The van der Waals surface area contributed by atoms with Crippen molar-refractivity contribution >= 4 is 28.1 Å². The molecule has 0 radical (unpaired) electrons. The largest absolute Gasteiger partial charge is 0.477 e. The molecule has 0 aliphatic rings. The van der Waals surface area contributed by atoms with E-state index in [-0.39, 0.29) is 10.7 Å². The molecule has 17 heavy (non-hydrogen) atoms. The summed E-state index contributed by atoms with van der Waals surface area (Å²) in [7, 11) is 0. The van der Waals surface area contributed by atoms with Crippen molar-refractivity contribution in [3.8, 4) is 0 Å². The number of anilines is 2. The lowest BCUT2D eigenvalue weighted by Gasteiger charge is -2.00. The van der Waals surface area contributed by atoms with Gasteiger partial charge in [-0.25, -0.2) is 14.2 Å². The fraction of sp³-hybridized carbons (Fsp3) is 0.0909. The molecular formula is C11H9FN2O2S. The number of rotatable bonds is 3. The minimum atomic E-state index is -0.993. The second-order valence-electron chi connectivity index (χ2n) is 3.37. The molecule has 2 N–H and O–H groups in total. The first kappa shape index (κ1) is 11.5. The summed E-state index contributed by atoms with van der Waals surface area (Å²) >= 11 is 1.05. The highest BCUT2D eigenvalue weighted by Crippen LogP contribution is 2.25. The highest BCUT2D eigenvalue weighted by Gasteiger charge is 2.13. The summed E-state index contributed by atoms with van der Waals surface area (Å²) in [6, 6.07) is 5.76. The van der Waals surface area contributed by atoms with Crippen molar-refractivity contribution < 1.29 is 14.3 Å². The van der Waals surface area contributed by atoms with Gasteiger partial charge in [0.1, 0.15) is 10.7 Å². The molecule has 6 heteroatoms. The van der Waals surface area contributed by atoms with Crippen molar-refractivity contribution in [1.29, 1.82) is 0 Å². The van der Waals surface area contributed by atoms with Crippen LogP contribution in [0.1, 0.15) is 15.4 Å². The van der Waals surface area contributed by atoms with Crippen molar-refractivity contribution in [2.24, 2.45) is 0 Å². The minimum Gasteiger partial charge on any atom is -0.477 e. The Bertz CT molecular complexity index is 551. The van der Waals surface area contributed by atoms with E-state index >= 15 is 0 Å². The van der Waals surface area contributed by atoms with E-state index in [2.05, 4.69) is 10.3 Å². The molecular weight excluding hydrogens is 243 g/mol. The second kappa shape index (κ2) is 4.50. The number of aromatic carboxylic acids is 1. The average molecular weight is 252 g/mol. The molecule has 4 nitrogen and oxygen atoms in total. The number of nitrogens with one attached hydrogen (secondary N) is 1. The van der Waals surface area contributed by atoms with E-state index < -0.39 is 5.97 Å². The number of halogens is 1. The number of carbonyl (C=O) groups is 1. The van der Waals surface area contributed by atoms with Crippen molar-refractivity contribution in [2.45, 2.75) is 6.92 Å². The zero-order valence-electron chi connectivity index (χ0n) is 8.90. The Hall–Kier alpha value is -1.95. The van der Waals surface area contributed by atoms with Crippen LogP contribution in [0.15, 0.2) is 24.3 Å². The molecule has 0 unspecified atom stereocenters.